The van der Waals surface area contributed by atoms with Gasteiger partial charge in [0.1, 0.15) is 5.82 Å². The first-order chi connectivity index (χ1) is 18.9. The molecule has 2 unspecified atom stereocenters. The molecule has 39 heavy (non-hydrogen) atoms. The number of H-pyrrole nitrogens is 1. The van der Waals surface area contributed by atoms with Crippen LogP contribution in [0.15, 0.2) is 66.7 Å². The number of nitrogens with zero attached hydrogens (tertiary/aromatic N) is 2. The van der Waals surface area contributed by atoms with Crippen LogP contribution in [0.1, 0.15) is 67.9 Å². The van der Waals surface area contributed by atoms with Crippen LogP contribution in [-0.4, -0.2) is 39.4 Å². The Morgan fingerprint density at radius 1 is 1.08 bits per heavy atom. The standard InChI is InChI=1S/C32H35FN4O2/c1-19(2)15-30(26-5-3-4-6-28(26)33)34-32(39)21-9-14-29-27(16-21)31(36-35-29)20-7-10-22(11-8-20)37-23-12-13-24(37)18-25(38)17-23/h3-11,14,16,19,23-25,30,38H,12-13,15,17-18H2,1-2H3,(H,34,39)(H,35,36)/t23?,24?,25?,30-/m0/s1. The van der Waals surface area contributed by atoms with E-state index in [1.165, 1.54) is 11.8 Å². The van der Waals surface area contributed by atoms with Gasteiger partial charge < -0.3 is 15.3 Å². The van der Waals surface area contributed by atoms with Crippen molar-refractivity contribution in [3.63, 3.8) is 0 Å². The minimum Gasteiger partial charge on any atom is -0.393 e. The van der Waals surface area contributed by atoms with Crippen LogP contribution in [0, 0.1) is 11.7 Å². The molecular weight excluding hydrogens is 491 g/mol. The lowest BCUT2D eigenvalue weighted by Crippen LogP contribution is -2.44. The number of aromatic amines is 1. The third-order valence-corrected chi connectivity index (χ3v) is 8.27. The summed E-state index contributed by atoms with van der Waals surface area (Å²) in [6.45, 7) is 4.13. The zero-order valence-corrected chi connectivity index (χ0v) is 22.4. The molecule has 3 atom stereocenters. The first-order valence-electron chi connectivity index (χ1n) is 14.0. The first-order valence-corrected chi connectivity index (χ1v) is 14.0. The summed E-state index contributed by atoms with van der Waals surface area (Å²) in [5, 5.41) is 21.7. The van der Waals surface area contributed by atoms with Crippen LogP contribution in [0.2, 0.25) is 0 Å². The Morgan fingerprint density at radius 2 is 1.79 bits per heavy atom. The molecule has 2 saturated heterocycles. The molecule has 202 valence electrons. The van der Waals surface area contributed by atoms with Crippen LogP contribution < -0.4 is 10.2 Å². The lowest BCUT2D eigenvalue weighted by atomic mass is 9.96. The smallest absolute Gasteiger partial charge is 0.251 e. The second-order valence-corrected chi connectivity index (χ2v) is 11.5. The SMILES string of the molecule is CC(C)C[C@H](NC(=O)c1ccc2[nH]nc(-c3ccc(N4C5CCC4CC(O)C5)cc3)c2c1)c1ccccc1F. The number of rotatable bonds is 7. The van der Waals surface area contributed by atoms with E-state index in [1.807, 2.05) is 12.1 Å². The molecule has 3 aromatic carbocycles. The summed E-state index contributed by atoms with van der Waals surface area (Å²) in [6, 6.07) is 21.0. The summed E-state index contributed by atoms with van der Waals surface area (Å²) in [4.78, 5) is 15.8. The van der Waals surface area contributed by atoms with Crippen molar-refractivity contribution < 1.29 is 14.3 Å². The molecule has 6 rings (SSSR count). The van der Waals surface area contributed by atoms with Gasteiger partial charge in [0, 0.05) is 39.8 Å². The molecule has 7 heteroatoms. The van der Waals surface area contributed by atoms with Crippen LogP contribution in [0.25, 0.3) is 22.2 Å². The highest BCUT2D eigenvalue weighted by molar-refractivity contribution is 6.01. The van der Waals surface area contributed by atoms with Gasteiger partial charge in [0.15, 0.2) is 0 Å². The molecule has 3 N–H and O–H groups in total. The minimum atomic E-state index is -0.419. The fourth-order valence-corrected chi connectivity index (χ4v) is 6.47. The maximum atomic E-state index is 14.6. The molecule has 4 aromatic rings. The Labute approximate surface area is 228 Å². The number of fused-ring (bicyclic) bond motifs is 3. The van der Waals surface area contributed by atoms with Gasteiger partial charge in [0.2, 0.25) is 0 Å². The van der Waals surface area contributed by atoms with Gasteiger partial charge in [-0.1, -0.05) is 44.2 Å². The number of halogens is 1. The van der Waals surface area contributed by atoms with Crippen LogP contribution >= 0.6 is 0 Å². The summed E-state index contributed by atoms with van der Waals surface area (Å²) in [7, 11) is 0. The quantitative estimate of drug-likeness (QED) is 0.261. The highest BCUT2D eigenvalue weighted by Crippen LogP contribution is 2.40. The minimum absolute atomic E-state index is 0.188. The fraction of sp³-hybridized carbons (Fsp3) is 0.375. The van der Waals surface area contributed by atoms with Crippen LogP contribution in [-0.2, 0) is 0 Å². The van der Waals surface area contributed by atoms with Crippen molar-refractivity contribution >= 4 is 22.5 Å². The number of amides is 1. The third-order valence-electron chi connectivity index (χ3n) is 8.27. The lowest BCUT2D eigenvalue weighted by molar-refractivity contribution is 0.0931. The average Bonchev–Trinajstić information content (AvgIpc) is 3.46. The normalized spacial score (nSPS) is 21.5. The Balaban J connectivity index is 1.25. The van der Waals surface area contributed by atoms with E-state index in [1.54, 1.807) is 24.3 Å². The van der Waals surface area contributed by atoms with Gasteiger partial charge in [-0.25, -0.2) is 4.39 Å². The molecular formula is C32H35FN4O2. The molecule has 2 aliphatic rings. The number of piperidine rings is 1. The van der Waals surface area contributed by atoms with E-state index in [-0.39, 0.29) is 23.7 Å². The molecule has 1 aromatic heterocycles. The Bertz CT molecular complexity index is 1470. The number of aliphatic hydroxyl groups is 1. The Hall–Kier alpha value is -3.71. The number of aliphatic hydroxyl groups excluding tert-OH is 1. The second-order valence-electron chi connectivity index (χ2n) is 11.5. The van der Waals surface area contributed by atoms with E-state index in [0.717, 1.165) is 47.8 Å². The number of benzene rings is 3. The molecule has 0 radical (unpaired) electrons. The maximum absolute atomic E-state index is 14.6. The predicted octanol–water partition coefficient (Wildman–Crippen LogP) is 6.38. The Morgan fingerprint density at radius 3 is 2.49 bits per heavy atom. The molecule has 0 aliphatic carbocycles. The van der Waals surface area contributed by atoms with Crippen molar-refractivity contribution in [2.75, 3.05) is 4.90 Å². The third kappa shape index (κ3) is 5.03. The van der Waals surface area contributed by atoms with Gasteiger partial charge >= 0.3 is 0 Å². The van der Waals surface area contributed by atoms with Crippen LogP contribution in [0.4, 0.5) is 10.1 Å². The maximum Gasteiger partial charge on any atom is 0.251 e. The van der Waals surface area contributed by atoms with Crippen LogP contribution in [0.3, 0.4) is 0 Å². The highest BCUT2D eigenvalue weighted by atomic mass is 19.1. The topological polar surface area (TPSA) is 81.2 Å². The predicted molar refractivity (Wildman–Crippen MR) is 152 cm³/mol. The van der Waals surface area contributed by atoms with Crippen molar-refractivity contribution in [1.82, 2.24) is 15.5 Å². The molecule has 2 fully saturated rings. The largest absolute Gasteiger partial charge is 0.393 e. The monoisotopic (exact) mass is 526 g/mol. The second kappa shape index (κ2) is 10.5. The zero-order chi connectivity index (χ0) is 27.1. The van der Waals surface area contributed by atoms with E-state index >= 15 is 0 Å². The first kappa shape index (κ1) is 25.6. The van der Waals surface area contributed by atoms with Gasteiger partial charge in [-0.05, 0) is 74.4 Å². The molecule has 0 saturated carbocycles. The van der Waals surface area contributed by atoms with E-state index in [2.05, 4.69) is 58.5 Å². The van der Waals surface area contributed by atoms with Crippen molar-refractivity contribution in [1.29, 1.82) is 0 Å². The van der Waals surface area contributed by atoms with E-state index in [4.69, 9.17) is 0 Å². The van der Waals surface area contributed by atoms with Crippen molar-refractivity contribution in [3.05, 3.63) is 83.7 Å². The van der Waals surface area contributed by atoms with E-state index < -0.39 is 6.04 Å². The molecule has 3 heterocycles. The number of aromatic nitrogens is 2. The summed E-state index contributed by atoms with van der Waals surface area (Å²) >= 11 is 0. The fourth-order valence-electron chi connectivity index (χ4n) is 6.47. The van der Waals surface area contributed by atoms with Crippen molar-refractivity contribution in [2.24, 2.45) is 5.92 Å². The van der Waals surface area contributed by atoms with Gasteiger partial charge in [0.05, 0.1) is 23.4 Å². The van der Waals surface area contributed by atoms with Crippen LogP contribution in [0.5, 0.6) is 0 Å². The molecule has 1 amide bonds. The number of carbonyl (C=O) groups excluding carboxylic acids is 1. The molecule has 0 spiro atoms. The van der Waals surface area contributed by atoms with Gasteiger partial charge in [-0.3, -0.25) is 9.89 Å². The number of hydrogen-bond donors (Lipinski definition) is 3. The molecule has 2 aliphatic heterocycles. The van der Waals surface area contributed by atoms with E-state index in [9.17, 15) is 14.3 Å². The molecule has 2 bridgehead atoms. The van der Waals surface area contributed by atoms with E-state index in [0.29, 0.717) is 29.6 Å². The van der Waals surface area contributed by atoms with Gasteiger partial charge in [0.25, 0.3) is 5.91 Å². The summed E-state index contributed by atoms with van der Waals surface area (Å²) in [5.74, 6) is -0.268. The number of carbonyl (C=O) groups is 1. The number of hydrogen-bond acceptors (Lipinski definition) is 4. The highest BCUT2D eigenvalue weighted by Gasteiger charge is 2.40. The summed E-state index contributed by atoms with van der Waals surface area (Å²) in [6.07, 6.45) is 4.38. The summed E-state index contributed by atoms with van der Waals surface area (Å²) < 4.78 is 14.6. The van der Waals surface area contributed by atoms with Gasteiger partial charge in [-0.15, -0.1) is 0 Å². The number of nitrogens with one attached hydrogen (secondary N) is 2. The molecule has 6 nitrogen and oxygen atoms in total. The van der Waals surface area contributed by atoms with Crippen molar-refractivity contribution in [3.8, 4) is 11.3 Å². The number of anilines is 1. The van der Waals surface area contributed by atoms with Crippen molar-refractivity contribution in [2.45, 2.75) is 70.2 Å². The Kier molecular flexibility index (Phi) is 6.85. The summed E-state index contributed by atoms with van der Waals surface area (Å²) in [5.41, 5.74) is 4.80. The van der Waals surface area contributed by atoms with Gasteiger partial charge in [-0.2, -0.15) is 5.10 Å². The zero-order valence-electron chi connectivity index (χ0n) is 22.4. The average molecular weight is 527 g/mol. The lowest BCUT2D eigenvalue weighted by Gasteiger charge is -2.39.